The van der Waals surface area contributed by atoms with Crippen molar-refractivity contribution < 1.29 is 32.6 Å². The Morgan fingerprint density at radius 3 is 2.19 bits per heavy atom. The fraction of sp³-hybridized carbons (Fsp3) is 0.318. The maximum atomic E-state index is 13.8. The number of carbonyl (C=O) groups excluding carboxylic acids is 1. The van der Waals surface area contributed by atoms with Gasteiger partial charge in [0.15, 0.2) is 11.5 Å². The van der Waals surface area contributed by atoms with Crippen molar-refractivity contribution in [2.75, 3.05) is 40.4 Å². The molecule has 0 aliphatic carbocycles. The van der Waals surface area contributed by atoms with Gasteiger partial charge in [-0.1, -0.05) is 30.3 Å². The first kappa shape index (κ1) is 24.3. The summed E-state index contributed by atoms with van der Waals surface area (Å²) in [7, 11) is 1.54. The van der Waals surface area contributed by atoms with Gasteiger partial charge in [-0.05, 0) is 25.0 Å². The van der Waals surface area contributed by atoms with Gasteiger partial charge in [0, 0.05) is 37.5 Å². The first-order chi connectivity index (χ1) is 14.9. The predicted molar refractivity (Wildman–Crippen MR) is 117 cm³/mol. The topological polar surface area (TPSA) is 92.3 Å². The zero-order valence-electron chi connectivity index (χ0n) is 18.1. The Labute approximate surface area is 182 Å². The molecule has 0 heterocycles. The average Bonchev–Trinajstić information content (AvgIpc) is 2.81. The maximum Gasteiger partial charge on any atom is 0.384 e. The third-order valence-corrected chi connectivity index (χ3v) is 6.68. The van der Waals surface area contributed by atoms with Crippen LogP contribution in [0.2, 0.25) is 0 Å². The third kappa shape index (κ3) is 5.20. The van der Waals surface area contributed by atoms with Gasteiger partial charge in [-0.3, -0.25) is 4.57 Å². The minimum absolute atomic E-state index is 0.154. The molecule has 166 valence electrons. The van der Waals surface area contributed by atoms with Crippen molar-refractivity contribution >= 4 is 19.3 Å². The molecule has 0 fully saturated rings. The summed E-state index contributed by atoms with van der Waals surface area (Å²) >= 11 is 0. The first-order valence-electron chi connectivity index (χ1n) is 9.37. The van der Waals surface area contributed by atoms with E-state index in [0.29, 0.717) is 22.7 Å². The molecule has 8 nitrogen and oxygen atoms in total. The smallest absolute Gasteiger partial charge is 0.384 e. The van der Waals surface area contributed by atoms with E-state index in [1.807, 2.05) is 0 Å². The second-order valence-electron chi connectivity index (χ2n) is 6.10. The molecule has 2 rings (SSSR count). The monoisotopic (exact) mass is 447 g/mol. The van der Waals surface area contributed by atoms with Gasteiger partial charge in [0.1, 0.15) is 0 Å². The lowest BCUT2D eigenvalue weighted by atomic mass is 10.1. The summed E-state index contributed by atoms with van der Waals surface area (Å²) in [6.07, 6.45) is 0. The Morgan fingerprint density at radius 2 is 1.65 bits per heavy atom. The van der Waals surface area contributed by atoms with Crippen LogP contribution in [0.3, 0.4) is 0 Å². The van der Waals surface area contributed by atoms with E-state index in [4.69, 9.17) is 23.3 Å². The summed E-state index contributed by atoms with van der Waals surface area (Å²) in [5.74, 6) is 5.36. The van der Waals surface area contributed by atoms with Crippen molar-refractivity contribution in [1.29, 1.82) is 0 Å². The molecule has 0 bridgehead atoms. The lowest BCUT2D eigenvalue weighted by Crippen LogP contribution is -2.35. The number of benzene rings is 2. The highest BCUT2D eigenvalue weighted by atomic mass is 31.2. The Bertz CT molecular complexity index is 992. The number of esters is 1. The van der Waals surface area contributed by atoms with E-state index < -0.39 is 18.8 Å². The second kappa shape index (κ2) is 10.9. The van der Waals surface area contributed by atoms with Crippen LogP contribution in [0.4, 0.5) is 5.69 Å². The minimum atomic E-state index is -3.99. The average molecular weight is 447 g/mol. The first-order valence-corrected chi connectivity index (χ1v) is 10.9. The summed E-state index contributed by atoms with van der Waals surface area (Å²) in [4.78, 5) is 12.0. The molecule has 1 unspecified atom stereocenters. The number of hydrogen-bond donors (Lipinski definition) is 1. The summed E-state index contributed by atoms with van der Waals surface area (Å²) in [6.45, 7) is 1.82. The van der Waals surface area contributed by atoms with Crippen molar-refractivity contribution in [2.45, 2.75) is 12.2 Å². The maximum absolute atomic E-state index is 13.8. The van der Waals surface area contributed by atoms with Crippen molar-refractivity contribution in [3.63, 3.8) is 0 Å². The van der Waals surface area contributed by atoms with Gasteiger partial charge in [0.05, 0.1) is 20.8 Å². The number of ether oxygens (including phenoxy) is 3. The van der Waals surface area contributed by atoms with Crippen LogP contribution in [0.5, 0.6) is 11.5 Å². The van der Waals surface area contributed by atoms with Gasteiger partial charge in [0.2, 0.25) is 5.28 Å². The molecule has 0 saturated heterocycles. The van der Waals surface area contributed by atoms with E-state index >= 15 is 0 Å². The lowest BCUT2D eigenvalue weighted by Gasteiger charge is -2.35. The standard InChI is InChI=1S/C22H26NO7P/c1-6-30-21(24)14-15-22(31(25,28-4)29-5,17-10-8-7-9-11-17)23-18-12-13-19(26-2)20(16-18)27-3/h7-13,16,23H,6H2,1-5H3. The van der Waals surface area contributed by atoms with Crippen molar-refractivity contribution in [3.8, 4) is 23.3 Å². The molecule has 31 heavy (non-hydrogen) atoms. The van der Waals surface area contributed by atoms with Crippen LogP contribution >= 0.6 is 7.60 Å². The molecule has 0 spiro atoms. The Hall–Kier alpha value is -2.98. The van der Waals surface area contributed by atoms with E-state index in [2.05, 4.69) is 17.2 Å². The van der Waals surface area contributed by atoms with Crippen molar-refractivity contribution in [2.24, 2.45) is 0 Å². The Balaban J connectivity index is 2.76. The summed E-state index contributed by atoms with van der Waals surface area (Å²) in [6, 6.07) is 13.7. The van der Waals surface area contributed by atoms with E-state index in [9.17, 15) is 9.36 Å². The molecule has 2 aromatic rings. The number of hydrogen-bond acceptors (Lipinski definition) is 8. The van der Waals surface area contributed by atoms with E-state index in [1.165, 1.54) is 28.4 Å². The highest BCUT2D eigenvalue weighted by molar-refractivity contribution is 7.55. The SMILES string of the molecule is CCOC(=O)C#CC(Nc1ccc(OC)c(OC)c1)(c1ccccc1)P(=O)(OC)OC. The van der Waals surface area contributed by atoms with Crippen LogP contribution in [0.25, 0.3) is 0 Å². The van der Waals surface area contributed by atoms with Crippen LogP contribution < -0.4 is 14.8 Å². The van der Waals surface area contributed by atoms with E-state index in [1.54, 1.807) is 55.5 Å². The Morgan fingerprint density at radius 1 is 1.00 bits per heavy atom. The molecule has 2 aromatic carbocycles. The van der Waals surface area contributed by atoms with Crippen LogP contribution in [-0.2, 0) is 28.4 Å². The number of methoxy groups -OCH3 is 2. The lowest BCUT2D eigenvalue weighted by molar-refractivity contribution is -0.136. The molecule has 0 radical (unpaired) electrons. The van der Waals surface area contributed by atoms with E-state index in [0.717, 1.165) is 0 Å². The van der Waals surface area contributed by atoms with E-state index in [-0.39, 0.29) is 6.61 Å². The summed E-state index contributed by atoms with van der Waals surface area (Å²) in [5, 5.41) is 1.41. The van der Waals surface area contributed by atoms with Gasteiger partial charge in [-0.15, -0.1) is 0 Å². The molecule has 0 saturated carbocycles. The fourth-order valence-electron chi connectivity index (χ4n) is 2.93. The number of carbonyl (C=O) groups is 1. The van der Waals surface area contributed by atoms with Crippen molar-refractivity contribution in [1.82, 2.24) is 0 Å². The second-order valence-corrected chi connectivity index (χ2v) is 8.50. The zero-order chi connectivity index (χ0) is 22.9. The van der Waals surface area contributed by atoms with Gasteiger partial charge < -0.3 is 28.6 Å². The Kier molecular flexibility index (Phi) is 8.52. The quantitative estimate of drug-likeness (QED) is 0.267. The molecule has 1 atom stereocenters. The molecule has 0 amide bonds. The van der Waals surface area contributed by atoms with Gasteiger partial charge in [0.25, 0.3) is 0 Å². The number of anilines is 1. The molecule has 1 N–H and O–H groups in total. The zero-order valence-corrected chi connectivity index (χ0v) is 19.0. The van der Waals surface area contributed by atoms with Crippen molar-refractivity contribution in [3.05, 3.63) is 54.1 Å². The fourth-order valence-corrected chi connectivity index (χ4v) is 4.55. The highest BCUT2D eigenvalue weighted by Crippen LogP contribution is 2.63. The minimum Gasteiger partial charge on any atom is -0.493 e. The predicted octanol–water partition coefficient (Wildman–Crippen LogP) is 4.02. The summed E-state index contributed by atoms with van der Waals surface area (Å²) in [5.41, 5.74) is 0.947. The van der Waals surface area contributed by atoms with Crippen LogP contribution in [0, 0.1) is 11.8 Å². The summed E-state index contributed by atoms with van der Waals surface area (Å²) < 4.78 is 40.0. The van der Waals surface area contributed by atoms with Gasteiger partial charge in [-0.25, -0.2) is 4.79 Å². The molecule has 0 aliphatic heterocycles. The van der Waals surface area contributed by atoms with Gasteiger partial charge in [-0.2, -0.15) is 0 Å². The van der Waals surface area contributed by atoms with Crippen LogP contribution in [0.15, 0.2) is 48.5 Å². The largest absolute Gasteiger partial charge is 0.493 e. The number of nitrogens with one attached hydrogen (secondary N) is 1. The molecular weight excluding hydrogens is 421 g/mol. The number of rotatable bonds is 9. The molecule has 9 heteroatoms. The van der Waals surface area contributed by atoms with Crippen LogP contribution in [0.1, 0.15) is 12.5 Å². The molecule has 0 aliphatic rings. The van der Waals surface area contributed by atoms with Crippen LogP contribution in [-0.4, -0.2) is 41.0 Å². The molecule has 0 aromatic heterocycles. The highest BCUT2D eigenvalue weighted by Gasteiger charge is 2.51. The van der Waals surface area contributed by atoms with Gasteiger partial charge >= 0.3 is 13.6 Å². The normalized spacial score (nSPS) is 12.7. The third-order valence-electron chi connectivity index (χ3n) is 4.41. The molecular formula is C22H26NO7P.